The number of esters is 1. The van der Waals surface area contributed by atoms with E-state index in [1.165, 1.54) is 0 Å². The van der Waals surface area contributed by atoms with Crippen LogP contribution in [0.3, 0.4) is 0 Å². The smallest absolute Gasteiger partial charge is 0.342 e. The number of benzene rings is 1. The SMILES string of the molecule is CC(C)OC(=O)c1ccccc1NC(=O)CSc1n[nH]c(=O)[nH]c1=O. The van der Waals surface area contributed by atoms with Crippen LogP contribution < -0.4 is 16.6 Å². The van der Waals surface area contributed by atoms with E-state index in [0.717, 1.165) is 11.8 Å². The van der Waals surface area contributed by atoms with Crippen LogP contribution in [0.4, 0.5) is 5.69 Å². The van der Waals surface area contributed by atoms with Gasteiger partial charge in [0.1, 0.15) is 0 Å². The highest BCUT2D eigenvalue weighted by Crippen LogP contribution is 2.18. The lowest BCUT2D eigenvalue weighted by Gasteiger charge is -2.12. The van der Waals surface area contributed by atoms with Gasteiger partial charge in [0.05, 0.1) is 23.1 Å². The topological polar surface area (TPSA) is 134 Å². The molecule has 1 aromatic carbocycles. The van der Waals surface area contributed by atoms with Gasteiger partial charge in [-0.15, -0.1) is 0 Å². The molecule has 1 amide bonds. The summed E-state index contributed by atoms with van der Waals surface area (Å²) in [6.07, 6.45) is -0.287. The fourth-order valence-electron chi connectivity index (χ4n) is 1.80. The van der Waals surface area contributed by atoms with Crippen LogP contribution in [0.2, 0.25) is 0 Å². The Labute approximate surface area is 146 Å². The number of aromatic nitrogens is 3. The number of ether oxygens (including phenoxy) is 1. The molecule has 0 radical (unpaired) electrons. The highest BCUT2D eigenvalue weighted by Gasteiger charge is 2.16. The van der Waals surface area contributed by atoms with Gasteiger partial charge in [0.2, 0.25) is 5.91 Å². The van der Waals surface area contributed by atoms with Crippen molar-refractivity contribution >= 4 is 29.3 Å². The first-order chi connectivity index (χ1) is 11.9. The Morgan fingerprint density at radius 3 is 2.68 bits per heavy atom. The van der Waals surface area contributed by atoms with E-state index >= 15 is 0 Å². The average Bonchev–Trinajstić information content (AvgIpc) is 2.54. The van der Waals surface area contributed by atoms with E-state index in [9.17, 15) is 19.2 Å². The third-order valence-electron chi connectivity index (χ3n) is 2.78. The van der Waals surface area contributed by atoms with Gasteiger partial charge in [0.15, 0.2) is 5.03 Å². The number of anilines is 1. The Balaban J connectivity index is 2.04. The summed E-state index contributed by atoms with van der Waals surface area (Å²) in [5.74, 6) is -1.12. The average molecular weight is 364 g/mol. The minimum absolute atomic E-state index is 0.0396. The van der Waals surface area contributed by atoms with Crippen molar-refractivity contribution in [3.05, 3.63) is 50.7 Å². The number of aromatic amines is 2. The molecule has 0 aliphatic rings. The molecule has 0 atom stereocenters. The van der Waals surface area contributed by atoms with Crippen LogP contribution in [0.5, 0.6) is 0 Å². The lowest BCUT2D eigenvalue weighted by atomic mass is 10.2. The van der Waals surface area contributed by atoms with E-state index < -0.39 is 23.1 Å². The second-order valence-electron chi connectivity index (χ2n) is 5.15. The van der Waals surface area contributed by atoms with Gasteiger partial charge >= 0.3 is 11.7 Å². The highest BCUT2D eigenvalue weighted by atomic mass is 32.2. The van der Waals surface area contributed by atoms with Crippen molar-refractivity contribution in [2.45, 2.75) is 25.0 Å². The normalized spacial score (nSPS) is 10.5. The van der Waals surface area contributed by atoms with Crippen molar-refractivity contribution in [1.82, 2.24) is 15.2 Å². The predicted molar refractivity (Wildman–Crippen MR) is 91.8 cm³/mol. The molecule has 0 unspecified atom stereocenters. The summed E-state index contributed by atoms with van der Waals surface area (Å²) in [7, 11) is 0. The zero-order valence-corrected chi connectivity index (χ0v) is 14.3. The molecule has 0 aliphatic heterocycles. The third kappa shape index (κ3) is 5.31. The number of rotatable bonds is 6. The van der Waals surface area contributed by atoms with Crippen LogP contribution in [0.25, 0.3) is 0 Å². The van der Waals surface area contributed by atoms with Crippen LogP contribution in [-0.4, -0.2) is 38.9 Å². The van der Waals surface area contributed by atoms with Crippen molar-refractivity contribution < 1.29 is 14.3 Å². The zero-order valence-electron chi connectivity index (χ0n) is 13.5. The first kappa shape index (κ1) is 18.5. The number of carbonyl (C=O) groups excluding carboxylic acids is 2. The Morgan fingerprint density at radius 1 is 1.28 bits per heavy atom. The molecule has 2 rings (SSSR count). The summed E-state index contributed by atoms with van der Waals surface area (Å²) in [6.45, 7) is 3.45. The van der Waals surface area contributed by atoms with Crippen LogP contribution >= 0.6 is 11.8 Å². The minimum atomic E-state index is -0.726. The van der Waals surface area contributed by atoms with Crippen molar-refractivity contribution in [3.8, 4) is 0 Å². The van der Waals surface area contributed by atoms with Gasteiger partial charge in [-0.25, -0.2) is 14.7 Å². The van der Waals surface area contributed by atoms with Crippen molar-refractivity contribution in [3.63, 3.8) is 0 Å². The van der Waals surface area contributed by atoms with Gasteiger partial charge in [-0.2, -0.15) is 5.10 Å². The summed E-state index contributed by atoms with van der Waals surface area (Å²) >= 11 is 0.855. The Kier molecular flexibility index (Phi) is 6.12. The largest absolute Gasteiger partial charge is 0.459 e. The fraction of sp³-hybridized carbons (Fsp3) is 0.267. The molecular weight excluding hydrogens is 348 g/mol. The molecule has 0 saturated heterocycles. The molecule has 0 aliphatic carbocycles. The van der Waals surface area contributed by atoms with Crippen LogP contribution in [-0.2, 0) is 9.53 Å². The minimum Gasteiger partial charge on any atom is -0.459 e. The molecule has 9 nitrogen and oxygen atoms in total. The van der Waals surface area contributed by atoms with Gasteiger partial charge < -0.3 is 10.1 Å². The molecule has 1 aromatic heterocycles. The molecule has 10 heteroatoms. The van der Waals surface area contributed by atoms with Gasteiger partial charge in [-0.1, -0.05) is 23.9 Å². The molecule has 3 N–H and O–H groups in total. The lowest BCUT2D eigenvalue weighted by molar-refractivity contribution is -0.113. The number of para-hydroxylation sites is 1. The Morgan fingerprint density at radius 2 is 2.00 bits per heavy atom. The molecule has 0 spiro atoms. The lowest BCUT2D eigenvalue weighted by Crippen LogP contribution is -2.26. The fourth-order valence-corrected chi connectivity index (χ4v) is 2.43. The number of amides is 1. The number of hydrogen-bond donors (Lipinski definition) is 3. The van der Waals surface area contributed by atoms with Crippen molar-refractivity contribution in [2.24, 2.45) is 0 Å². The summed E-state index contributed by atoms with van der Waals surface area (Å²) in [5, 5.41) is 8.20. The van der Waals surface area contributed by atoms with Crippen LogP contribution in [0.15, 0.2) is 38.9 Å². The van der Waals surface area contributed by atoms with Crippen molar-refractivity contribution in [2.75, 3.05) is 11.1 Å². The van der Waals surface area contributed by atoms with E-state index in [4.69, 9.17) is 4.74 Å². The first-order valence-electron chi connectivity index (χ1n) is 7.28. The second-order valence-corrected chi connectivity index (χ2v) is 6.11. The van der Waals surface area contributed by atoms with E-state index in [-0.39, 0.29) is 22.4 Å². The summed E-state index contributed by atoms with van der Waals surface area (Å²) in [6, 6.07) is 6.44. The molecular formula is C15H16N4O5S. The molecule has 0 fully saturated rings. The quantitative estimate of drug-likeness (QED) is 0.509. The maximum absolute atomic E-state index is 12.1. The number of nitrogens with one attached hydrogen (secondary N) is 3. The standard InChI is InChI=1S/C15H16N4O5S/c1-8(2)24-14(22)9-5-3-4-6-10(9)16-11(20)7-25-13-12(21)17-15(23)19-18-13/h3-6,8H,7H2,1-2H3,(H,16,20)(H2,17,19,21,23). The van der Waals surface area contributed by atoms with Gasteiger partial charge in [0.25, 0.3) is 5.56 Å². The van der Waals surface area contributed by atoms with E-state index in [1.54, 1.807) is 38.1 Å². The third-order valence-corrected chi connectivity index (χ3v) is 3.74. The summed E-state index contributed by atoms with van der Waals surface area (Å²) in [5.41, 5.74) is -0.865. The highest BCUT2D eigenvalue weighted by molar-refractivity contribution is 7.99. The van der Waals surface area contributed by atoms with E-state index in [1.807, 2.05) is 4.98 Å². The summed E-state index contributed by atoms with van der Waals surface area (Å²) in [4.78, 5) is 48.5. The molecule has 1 heterocycles. The maximum atomic E-state index is 12.1. The summed E-state index contributed by atoms with van der Waals surface area (Å²) < 4.78 is 5.13. The number of hydrogen-bond acceptors (Lipinski definition) is 7. The predicted octanol–water partition coefficient (Wildman–Crippen LogP) is 0.754. The van der Waals surface area contributed by atoms with Crippen LogP contribution in [0.1, 0.15) is 24.2 Å². The Hall–Kier alpha value is -2.88. The molecule has 0 saturated carbocycles. The molecule has 2 aromatic rings. The number of H-pyrrole nitrogens is 2. The van der Waals surface area contributed by atoms with Gasteiger partial charge in [-0.3, -0.25) is 14.6 Å². The van der Waals surface area contributed by atoms with Gasteiger partial charge in [0, 0.05) is 0 Å². The molecule has 132 valence electrons. The van der Waals surface area contributed by atoms with Crippen molar-refractivity contribution in [1.29, 1.82) is 0 Å². The number of nitrogens with zero attached hydrogens (tertiary/aromatic N) is 1. The monoisotopic (exact) mass is 364 g/mol. The number of carbonyl (C=O) groups is 2. The molecule has 0 bridgehead atoms. The maximum Gasteiger partial charge on any atom is 0.342 e. The van der Waals surface area contributed by atoms with Gasteiger partial charge in [-0.05, 0) is 26.0 Å². The molecule has 25 heavy (non-hydrogen) atoms. The Bertz CT molecular complexity index is 890. The van der Waals surface area contributed by atoms with E-state index in [0.29, 0.717) is 5.69 Å². The first-order valence-corrected chi connectivity index (χ1v) is 8.27. The van der Waals surface area contributed by atoms with E-state index in [2.05, 4.69) is 15.5 Å². The number of thioether (sulfide) groups is 1. The second kappa shape index (κ2) is 8.29. The van der Waals surface area contributed by atoms with Crippen LogP contribution in [0, 0.1) is 0 Å². The zero-order chi connectivity index (χ0) is 18.4.